The number of aromatic nitrogens is 2. The molecule has 3 aliphatic heterocycles. The highest BCUT2D eigenvalue weighted by atomic mass is 16.2. The van der Waals surface area contributed by atoms with Crippen LogP contribution >= 0.6 is 0 Å². The summed E-state index contributed by atoms with van der Waals surface area (Å²) in [5.74, 6) is -0.0334. The Balaban J connectivity index is 1.14. The van der Waals surface area contributed by atoms with Crippen molar-refractivity contribution in [2.24, 2.45) is 0 Å². The van der Waals surface area contributed by atoms with Gasteiger partial charge in [0, 0.05) is 32.7 Å². The molecular formula is C37H36N6O2. The van der Waals surface area contributed by atoms with E-state index in [9.17, 15) is 9.59 Å². The minimum atomic E-state index is -0.640. The van der Waals surface area contributed by atoms with Crippen LogP contribution in [-0.2, 0) is 10.3 Å². The van der Waals surface area contributed by atoms with Gasteiger partial charge >= 0.3 is 6.03 Å². The summed E-state index contributed by atoms with van der Waals surface area (Å²) in [4.78, 5) is 38.7. The number of piperazine rings is 1. The summed E-state index contributed by atoms with van der Waals surface area (Å²) in [6.45, 7) is 4.16. The molecule has 4 heterocycles. The maximum Gasteiger partial charge on any atom is 0.328 e. The van der Waals surface area contributed by atoms with Crippen molar-refractivity contribution in [3.63, 3.8) is 0 Å². The molecule has 0 bridgehead atoms. The van der Waals surface area contributed by atoms with Crippen LogP contribution in [0.15, 0.2) is 116 Å². The SMILES string of the molecule is O=C1C2CCCN2C(=O)N1CN1CCN(c2cccc3c2ncn3C(c2ccccc2)(c2ccccc2)c2ccccc2)CC1. The highest BCUT2D eigenvalue weighted by Gasteiger charge is 2.47. The first-order valence-corrected chi connectivity index (χ1v) is 15.9. The molecule has 0 spiro atoms. The molecule has 8 rings (SSSR count). The van der Waals surface area contributed by atoms with E-state index in [2.05, 4.69) is 124 Å². The second-order valence-corrected chi connectivity index (χ2v) is 12.2. The Labute approximate surface area is 263 Å². The fourth-order valence-electron chi connectivity index (χ4n) is 7.64. The van der Waals surface area contributed by atoms with E-state index in [0.29, 0.717) is 13.2 Å². The van der Waals surface area contributed by atoms with E-state index in [1.54, 1.807) is 4.90 Å². The Morgan fingerprint density at radius 2 is 1.29 bits per heavy atom. The summed E-state index contributed by atoms with van der Waals surface area (Å²) >= 11 is 0. The van der Waals surface area contributed by atoms with Crippen molar-refractivity contribution in [3.8, 4) is 0 Å². The number of nitrogens with zero attached hydrogens (tertiary/aromatic N) is 6. The number of fused-ring (bicyclic) bond motifs is 2. The maximum absolute atomic E-state index is 12.9. The zero-order valence-electron chi connectivity index (χ0n) is 25.2. The molecule has 8 nitrogen and oxygen atoms in total. The lowest BCUT2D eigenvalue weighted by atomic mass is 9.76. The number of urea groups is 1. The summed E-state index contributed by atoms with van der Waals surface area (Å²) in [6, 6.07) is 38.1. The van der Waals surface area contributed by atoms with Crippen LogP contribution < -0.4 is 4.90 Å². The van der Waals surface area contributed by atoms with Crippen LogP contribution in [-0.4, -0.2) is 81.6 Å². The maximum atomic E-state index is 12.9. The second-order valence-electron chi connectivity index (χ2n) is 12.2. The molecule has 1 unspecified atom stereocenters. The van der Waals surface area contributed by atoms with Crippen molar-refractivity contribution in [1.82, 2.24) is 24.3 Å². The Kier molecular flexibility index (Phi) is 6.87. The minimum Gasteiger partial charge on any atom is -0.367 e. The highest BCUT2D eigenvalue weighted by Crippen LogP contribution is 2.43. The van der Waals surface area contributed by atoms with Gasteiger partial charge in [0.2, 0.25) is 0 Å². The second kappa shape index (κ2) is 11.2. The number of anilines is 1. The monoisotopic (exact) mass is 596 g/mol. The molecule has 1 aromatic heterocycles. The minimum absolute atomic E-state index is 0.0334. The molecular weight excluding hydrogens is 560 g/mol. The lowest BCUT2D eigenvalue weighted by molar-refractivity contribution is -0.129. The average molecular weight is 597 g/mol. The molecule has 1 atom stereocenters. The molecule has 5 aromatic rings. The highest BCUT2D eigenvalue weighted by molar-refractivity contribution is 6.04. The third-order valence-corrected chi connectivity index (χ3v) is 9.83. The first kappa shape index (κ1) is 27.6. The van der Waals surface area contributed by atoms with E-state index in [1.165, 1.54) is 4.90 Å². The number of para-hydroxylation sites is 1. The van der Waals surface area contributed by atoms with Gasteiger partial charge in [0.15, 0.2) is 0 Å². The fraction of sp³-hybridized carbons (Fsp3) is 0.270. The summed E-state index contributed by atoms with van der Waals surface area (Å²) in [6.07, 6.45) is 3.69. The zero-order valence-corrected chi connectivity index (χ0v) is 25.2. The van der Waals surface area contributed by atoms with E-state index in [0.717, 1.165) is 72.4 Å². The van der Waals surface area contributed by atoms with Gasteiger partial charge in [-0.3, -0.25) is 9.69 Å². The Morgan fingerprint density at radius 3 is 1.87 bits per heavy atom. The molecule has 226 valence electrons. The van der Waals surface area contributed by atoms with Gasteiger partial charge in [0.25, 0.3) is 5.91 Å². The predicted molar refractivity (Wildman–Crippen MR) is 175 cm³/mol. The zero-order chi connectivity index (χ0) is 30.4. The number of carbonyl (C=O) groups excluding carboxylic acids is 2. The number of hydrogen-bond donors (Lipinski definition) is 0. The molecule has 3 amide bonds. The smallest absolute Gasteiger partial charge is 0.328 e. The Hall–Kier alpha value is -4.95. The number of imidazole rings is 1. The molecule has 4 aromatic carbocycles. The third-order valence-electron chi connectivity index (χ3n) is 9.83. The Morgan fingerprint density at radius 1 is 0.689 bits per heavy atom. The molecule has 8 heteroatoms. The van der Waals surface area contributed by atoms with Gasteiger partial charge in [-0.05, 0) is 41.7 Å². The molecule has 0 aliphatic carbocycles. The van der Waals surface area contributed by atoms with Gasteiger partial charge in [0.1, 0.15) is 17.1 Å². The molecule has 3 fully saturated rings. The van der Waals surface area contributed by atoms with Crippen LogP contribution in [0.1, 0.15) is 29.5 Å². The summed E-state index contributed by atoms with van der Waals surface area (Å²) < 4.78 is 2.33. The number of amides is 3. The van der Waals surface area contributed by atoms with E-state index in [1.807, 2.05) is 6.33 Å². The Bertz CT molecular complexity index is 1710. The largest absolute Gasteiger partial charge is 0.367 e. The van der Waals surface area contributed by atoms with Gasteiger partial charge < -0.3 is 14.4 Å². The lowest BCUT2D eigenvalue weighted by Gasteiger charge is -2.38. The van der Waals surface area contributed by atoms with Crippen molar-refractivity contribution in [3.05, 3.63) is 132 Å². The summed E-state index contributed by atoms with van der Waals surface area (Å²) in [5.41, 5.74) is 5.96. The molecule has 45 heavy (non-hydrogen) atoms. The van der Waals surface area contributed by atoms with Crippen LogP contribution in [0.2, 0.25) is 0 Å². The van der Waals surface area contributed by atoms with Crippen molar-refractivity contribution >= 4 is 28.7 Å². The molecule has 0 saturated carbocycles. The van der Waals surface area contributed by atoms with E-state index in [4.69, 9.17) is 4.98 Å². The van der Waals surface area contributed by atoms with E-state index < -0.39 is 5.54 Å². The number of carbonyl (C=O) groups is 2. The molecule has 0 radical (unpaired) electrons. The third kappa shape index (κ3) is 4.43. The molecule has 3 aliphatic rings. The van der Waals surface area contributed by atoms with Crippen molar-refractivity contribution in [2.45, 2.75) is 24.4 Å². The lowest BCUT2D eigenvalue weighted by Crippen LogP contribution is -2.51. The van der Waals surface area contributed by atoms with Crippen LogP contribution in [0.25, 0.3) is 11.0 Å². The molecule has 3 saturated heterocycles. The van der Waals surface area contributed by atoms with Crippen molar-refractivity contribution < 1.29 is 9.59 Å². The number of hydrogen-bond acceptors (Lipinski definition) is 5. The van der Waals surface area contributed by atoms with Crippen molar-refractivity contribution in [1.29, 1.82) is 0 Å². The van der Waals surface area contributed by atoms with Crippen LogP contribution in [0.3, 0.4) is 0 Å². The first-order valence-electron chi connectivity index (χ1n) is 15.9. The quantitative estimate of drug-likeness (QED) is 0.186. The topological polar surface area (TPSA) is 64.9 Å². The van der Waals surface area contributed by atoms with Gasteiger partial charge in [-0.25, -0.2) is 14.7 Å². The average Bonchev–Trinajstić information content (AvgIpc) is 3.82. The van der Waals surface area contributed by atoms with Gasteiger partial charge in [-0.15, -0.1) is 0 Å². The van der Waals surface area contributed by atoms with E-state index in [-0.39, 0.29) is 18.0 Å². The van der Waals surface area contributed by atoms with Crippen LogP contribution in [0, 0.1) is 0 Å². The number of imide groups is 1. The van der Waals surface area contributed by atoms with Crippen LogP contribution in [0.5, 0.6) is 0 Å². The number of benzene rings is 4. The van der Waals surface area contributed by atoms with Crippen molar-refractivity contribution in [2.75, 3.05) is 44.3 Å². The van der Waals surface area contributed by atoms with Crippen LogP contribution in [0.4, 0.5) is 10.5 Å². The summed E-state index contributed by atoms with van der Waals surface area (Å²) in [5, 5.41) is 0. The van der Waals surface area contributed by atoms with Gasteiger partial charge in [-0.2, -0.15) is 0 Å². The standard InChI is InChI=1S/C37H36N6O2/c44-35-33-20-11-21-41(33)36(45)42(35)27-39-22-24-40(25-23-39)31-18-10-19-32-34(31)38-26-43(32)37(28-12-4-1-5-13-28,29-14-6-2-7-15-29)30-16-8-3-9-17-30/h1-10,12-19,26,33H,11,20-25,27H2. The van der Waals surface area contributed by atoms with Gasteiger partial charge in [-0.1, -0.05) is 97.1 Å². The van der Waals surface area contributed by atoms with E-state index >= 15 is 0 Å². The fourth-order valence-corrected chi connectivity index (χ4v) is 7.64. The summed E-state index contributed by atoms with van der Waals surface area (Å²) in [7, 11) is 0. The predicted octanol–water partition coefficient (Wildman–Crippen LogP) is 5.38. The first-order chi connectivity index (χ1) is 22.2. The van der Waals surface area contributed by atoms with Gasteiger partial charge in [0.05, 0.1) is 24.2 Å². The molecule has 0 N–H and O–H groups in total. The normalized spacial score (nSPS) is 19.1. The number of rotatable bonds is 7.